The van der Waals surface area contributed by atoms with Crippen molar-refractivity contribution in [2.45, 2.75) is 13.0 Å². The zero-order chi connectivity index (χ0) is 20.8. The quantitative estimate of drug-likeness (QED) is 0.618. The predicted octanol–water partition coefficient (Wildman–Crippen LogP) is 4.69. The summed E-state index contributed by atoms with van der Waals surface area (Å²) in [5.41, 5.74) is 2.38. The van der Waals surface area contributed by atoms with E-state index in [0.29, 0.717) is 5.69 Å². The van der Waals surface area contributed by atoms with Gasteiger partial charge in [-0.25, -0.2) is 9.18 Å². The molecule has 5 nitrogen and oxygen atoms in total. The highest BCUT2D eigenvalue weighted by atomic mass is 19.1. The van der Waals surface area contributed by atoms with Crippen LogP contribution in [0, 0.1) is 5.82 Å². The van der Waals surface area contributed by atoms with Crippen LogP contribution in [-0.2, 0) is 9.53 Å². The lowest BCUT2D eigenvalue weighted by molar-refractivity contribution is -0.123. The summed E-state index contributed by atoms with van der Waals surface area (Å²) in [6.07, 6.45) is -1.07. The number of amides is 1. The number of methoxy groups -OCH3 is 1. The van der Waals surface area contributed by atoms with E-state index in [1.54, 1.807) is 12.1 Å². The summed E-state index contributed by atoms with van der Waals surface area (Å²) < 4.78 is 23.8. The van der Waals surface area contributed by atoms with Crippen LogP contribution in [0.1, 0.15) is 17.3 Å². The molecule has 0 unspecified atom stereocenters. The Labute approximate surface area is 168 Å². The molecule has 0 aliphatic carbocycles. The third kappa shape index (κ3) is 4.79. The second kappa shape index (κ2) is 9.01. The van der Waals surface area contributed by atoms with Crippen molar-refractivity contribution in [2.75, 3.05) is 12.4 Å². The van der Waals surface area contributed by atoms with Crippen LogP contribution in [0.25, 0.3) is 11.1 Å². The number of esters is 1. The average molecular weight is 393 g/mol. The van der Waals surface area contributed by atoms with Crippen LogP contribution in [0.5, 0.6) is 5.75 Å². The maximum Gasteiger partial charge on any atom is 0.339 e. The molecule has 3 aromatic carbocycles. The highest BCUT2D eigenvalue weighted by Crippen LogP contribution is 2.27. The summed E-state index contributed by atoms with van der Waals surface area (Å²) in [4.78, 5) is 24.8. The molecular formula is C23H20FNO4. The van der Waals surface area contributed by atoms with Gasteiger partial charge in [-0.2, -0.15) is 0 Å². The topological polar surface area (TPSA) is 64.6 Å². The van der Waals surface area contributed by atoms with Gasteiger partial charge < -0.3 is 14.8 Å². The third-order valence-electron chi connectivity index (χ3n) is 4.31. The van der Waals surface area contributed by atoms with Gasteiger partial charge in [-0.1, -0.05) is 48.5 Å². The Morgan fingerprint density at radius 2 is 1.66 bits per heavy atom. The number of hydrogen-bond donors (Lipinski definition) is 1. The molecule has 6 heteroatoms. The summed E-state index contributed by atoms with van der Waals surface area (Å²) in [5.74, 6) is -1.96. The molecule has 0 spiro atoms. The second-order valence-corrected chi connectivity index (χ2v) is 6.30. The van der Waals surface area contributed by atoms with Gasteiger partial charge in [0, 0.05) is 11.3 Å². The summed E-state index contributed by atoms with van der Waals surface area (Å²) in [5, 5.41) is 2.79. The van der Waals surface area contributed by atoms with E-state index in [9.17, 15) is 14.0 Å². The third-order valence-corrected chi connectivity index (χ3v) is 4.31. The number of carbonyl (C=O) groups is 2. The Morgan fingerprint density at radius 1 is 0.966 bits per heavy atom. The first-order valence-electron chi connectivity index (χ1n) is 8.99. The van der Waals surface area contributed by atoms with Gasteiger partial charge in [0.25, 0.3) is 5.91 Å². The number of benzene rings is 3. The van der Waals surface area contributed by atoms with E-state index >= 15 is 0 Å². The first kappa shape index (κ1) is 20.1. The van der Waals surface area contributed by atoms with Crippen LogP contribution in [-0.4, -0.2) is 25.1 Å². The first-order valence-corrected chi connectivity index (χ1v) is 8.99. The van der Waals surface area contributed by atoms with Crippen molar-refractivity contribution in [3.8, 4) is 16.9 Å². The van der Waals surface area contributed by atoms with Crippen molar-refractivity contribution >= 4 is 17.6 Å². The van der Waals surface area contributed by atoms with Gasteiger partial charge in [0.15, 0.2) is 17.7 Å². The van der Waals surface area contributed by atoms with Crippen molar-refractivity contribution in [3.05, 3.63) is 84.2 Å². The molecule has 0 bridgehead atoms. The number of nitrogens with one attached hydrogen (secondary N) is 1. The standard InChI is InChI=1S/C23H20FNO4/c1-15(29-23(27)17-12-13-21(28-2)19(24)14-17)22(26)25-20-11-7-6-10-18(20)16-8-4-3-5-9-16/h3-15H,1-2H3,(H,25,26)/t15-/m0/s1. The largest absolute Gasteiger partial charge is 0.494 e. The molecule has 0 aliphatic rings. The molecule has 1 atom stereocenters. The number of carbonyl (C=O) groups excluding carboxylic acids is 2. The predicted molar refractivity (Wildman–Crippen MR) is 108 cm³/mol. The molecule has 0 saturated heterocycles. The van der Waals surface area contributed by atoms with Gasteiger partial charge in [-0.05, 0) is 36.8 Å². The van der Waals surface area contributed by atoms with Crippen molar-refractivity contribution in [1.82, 2.24) is 0 Å². The van der Waals surface area contributed by atoms with Gasteiger partial charge in [0.1, 0.15) is 0 Å². The van der Waals surface area contributed by atoms with Gasteiger partial charge in [0.2, 0.25) is 0 Å². The molecule has 0 heterocycles. The van der Waals surface area contributed by atoms with E-state index in [4.69, 9.17) is 9.47 Å². The van der Waals surface area contributed by atoms with Gasteiger partial charge in [-0.3, -0.25) is 4.79 Å². The molecule has 0 radical (unpaired) electrons. The van der Waals surface area contributed by atoms with Crippen molar-refractivity contribution in [3.63, 3.8) is 0 Å². The monoisotopic (exact) mass is 393 g/mol. The van der Waals surface area contributed by atoms with E-state index in [-0.39, 0.29) is 11.3 Å². The number of hydrogen-bond acceptors (Lipinski definition) is 4. The maximum absolute atomic E-state index is 13.8. The number of halogens is 1. The smallest absolute Gasteiger partial charge is 0.339 e. The number of para-hydroxylation sites is 1. The van der Waals surface area contributed by atoms with Gasteiger partial charge in [-0.15, -0.1) is 0 Å². The lowest BCUT2D eigenvalue weighted by atomic mass is 10.0. The van der Waals surface area contributed by atoms with Crippen molar-refractivity contribution in [1.29, 1.82) is 0 Å². The molecule has 0 fully saturated rings. The lowest BCUT2D eigenvalue weighted by Crippen LogP contribution is -2.30. The number of rotatable bonds is 6. The van der Waals surface area contributed by atoms with E-state index in [0.717, 1.165) is 17.2 Å². The maximum atomic E-state index is 13.8. The zero-order valence-corrected chi connectivity index (χ0v) is 16.0. The molecule has 0 saturated carbocycles. The van der Waals surface area contributed by atoms with E-state index in [1.165, 1.54) is 26.2 Å². The van der Waals surface area contributed by atoms with E-state index < -0.39 is 23.8 Å². The fourth-order valence-electron chi connectivity index (χ4n) is 2.77. The summed E-state index contributed by atoms with van der Waals surface area (Å²) in [6, 6.07) is 20.7. The molecule has 1 amide bonds. The van der Waals surface area contributed by atoms with Crippen LogP contribution in [0.4, 0.5) is 10.1 Å². The number of anilines is 1. The minimum Gasteiger partial charge on any atom is -0.494 e. The zero-order valence-electron chi connectivity index (χ0n) is 16.0. The minimum atomic E-state index is -1.07. The molecule has 3 rings (SSSR count). The number of ether oxygens (including phenoxy) is 2. The van der Waals surface area contributed by atoms with Crippen LogP contribution in [0.15, 0.2) is 72.8 Å². The lowest BCUT2D eigenvalue weighted by Gasteiger charge is -2.16. The summed E-state index contributed by atoms with van der Waals surface area (Å²) >= 11 is 0. The molecule has 1 N–H and O–H groups in total. The summed E-state index contributed by atoms with van der Waals surface area (Å²) in [6.45, 7) is 1.46. The Kier molecular flexibility index (Phi) is 6.24. The van der Waals surface area contributed by atoms with E-state index in [1.807, 2.05) is 42.5 Å². The van der Waals surface area contributed by atoms with Gasteiger partial charge in [0.05, 0.1) is 12.7 Å². The fourth-order valence-corrected chi connectivity index (χ4v) is 2.77. The minimum absolute atomic E-state index is 0.00682. The highest BCUT2D eigenvalue weighted by Gasteiger charge is 2.21. The average Bonchev–Trinajstić information content (AvgIpc) is 2.74. The second-order valence-electron chi connectivity index (χ2n) is 6.30. The normalized spacial score (nSPS) is 11.4. The molecular weight excluding hydrogens is 373 g/mol. The highest BCUT2D eigenvalue weighted by molar-refractivity contribution is 6.00. The van der Waals surface area contributed by atoms with Crippen molar-refractivity contribution in [2.24, 2.45) is 0 Å². The molecule has 0 aromatic heterocycles. The molecule has 29 heavy (non-hydrogen) atoms. The van der Waals surface area contributed by atoms with Gasteiger partial charge >= 0.3 is 5.97 Å². The van der Waals surface area contributed by atoms with Crippen LogP contribution < -0.4 is 10.1 Å². The summed E-state index contributed by atoms with van der Waals surface area (Å²) in [7, 11) is 1.33. The Balaban J connectivity index is 1.70. The molecule has 0 aliphatic heterocycles. The Bertz CT molecular complexity index is 1020. The Hall–Kier alpha value is -3.67. The molecule has 148 valence electrons. The SMILES string of the molecule is COc1ccc(C(=O)O[C@@H](C)C(=O)Nc2ccccc2-c2ccccc2)cc1F. The fraction of sp³-hybridized carbons (Fsp3) is 0.130. The van der Waals surface area contributed by atoms with Crippen LogP contribution in [0.3, 0.4) is 0 Å². The van der Waals surface area contributed by atoms with E-state index in [2.05, 4.69) is 5.32 Å². The van der Waals surface area contributed by atoms with Crippen LogP contribution >= 0.6 is 0 Å². The van der Waals surface area contributed by atoms with Crippen molar-refractivity contribution < 1.29 is 23.5 Å². The molecule has 3 aromatic rings. The first-order chi connectivity index (χ1) is 14.0. The van der Waals surface area contributed by atoms with Crippen LogP contribution in [0.2, 0.25) is 0 Å². The Morgan fingerprint density at radius 3 is 2.34 bits per heavy atom.